The van der Waals surface area contributed by atoms with Crippen molar-refractivity contribution in [2.24, 2.45) is 5.41 Å². The van der Waals surface area contributed by atoms with Gasteiger partial charge in [0.1, 0.15) is 0 Å². The molecule has 0 aliphatic carbocycles. The predicted molar refractivity (Wildman–Crippen MR) is 85.5 cm³/mol. The molecule has 19 heavy (non-hydrogen) atoms. The van der Waals surface area contributed by atoms with Crippen LogP contribution in [0.25, 0.3) is 0 Å². The lowest BCUT2D eigenvalue weighted by Gasteiger charge is -2.45. The van der Waals surface area contributed by atoms with Gasteiger partial charge in [-0.15, -0.1) is 18.9 Å². The highest BCUT2D eigenvalue weighted by atomic mass is 28.4. The number of hydrogen-bond acceptors (Lipinski definition) is 2. The third kappa shape index (κ3) is 4.49. The maximum Gasteiger partial charge on any atom is 0.192 e. The average molecular weight is 282 g/mol. The van der Waals surface area contributed by atoms with Crippen LogP contribution in [0.1, 0.15) is 41.0 Å². The van der Waals surface area contributed by atoms with Crippen molar-refractivity contribution < 1.29 is 9.53 Å². The van der Waals surface area contributed by atoms with Gasteiger partial charge < -0.3 is 9.53 Å². The van der Waals surface area contributed by atoms with Crippen LogP contribution in [0.3, 0.4) is 0 Å². The van der Waals surface area contributed by atoms with E-state index in [1.54, 1.807) is 6.08 Å². The van der Waals surface area contributed by atoms with Crippen molar-refractivity contribution in [2.45, 2.75) is 71.4 Å². The van der Waals surface area contributed by atoms with Crippen LogP contribution in [0, 0.1) is 17.8 Å². The molecular weight excluding hydrogens is 252 g/mol. The average Bonchev–Trinajstić information content (AvgIpc) is 2.25. The predicted octanol–water partition coefficient (Wildman–Crippen LogP) is 3.97. The lowest BCUT2D eigenvalue weighted by atomic mass is 9.79. The molecule has 0 saturated carbocycles. The summed E-state index contributed by atoms with van der Waals surface area (Å²) < 4.78 is 6.42. The molecule has 2 unspecified atom stereocenters. The van der Waals surface area contributed by atoms with Gasteiger partial charge in [-0.05, 0) is 18.1 Å². The van der Waals surface area contributed by atoms with Gasteiger partial charge in [0.2, 0.25) is 0 Å². The van der Waals surface area contributed by atoms with Gasteiger partial charge in [0.15, 0.2) is 8.32 Å². The van der Waals surface area contributed by atoms with Crippen LogP contribution < -0.4 is 0 Å². The van der Waals surface area contributed by atoms with Crippen molar-refractivity contribution in [3.63, 3.8) is 0 Å². The van der Waals surface area contributed by atoms with E-state index >= 15 is 0 Å². The van der Waals surface area contributed by atoms with E-state index in [1.807, 2.05) is 13.8 Å². The monoisotopic (exact) mass is 282 g/mol. The Balaban J connectivity index is 5.26. The zero-order valence-corrected chi connectivity index (χ0v) is 14.6. The third-order valence-electron chi connectivity index (χ3n) is 4.36. The van der Waals surface area contributed by atoms with Crippen molar-refractivity contribution in [3.8, 4) is 12.3 Å². The molecule has 0 bridgehead atoms. The quantitative estimate of drug-likeness (QED) is 0.454. The number of hydrogen-bond donors (Lipinski definition) is 1. The van der Waals surface area contributed by atoms with Gasteiger partial charge in [0.05, 0.1) is 12.2 Å². The van der Waals surface area contributed by atoms with Gasteiger partial charge in [-0.2, -0.15) is 0 Å². The molecule has 2 nitrogen and oxygen atoms in total. The van der Waals surface area contributed by atoms with E-state index in [0.29, 0.717) is 6.42 Å². The summed E-state index contributed by atoms with van der Waals surface area (Å²) >= 11 is 0. The van der Waals surface area contributed by atoms with Crippen LogP contribution in [0.15, 0.2) is 12.7 Å². The smallest absolute Gasteiger partial charge is 0.192 e. The zero-order chi connectivity index (χ0) is 15.5. The maximum absolute atomic E-state index is 10.1. The summed E-state index contributed by atoms with van der Waals surface area (Å²) in [6, 6.07) is 0. The summed E-state index contributed by atoms with van der Waals surface area (Å²) in [5.74, 6) is 2.68. The van der Waals surface area contributed by atoms with Crippen molar-refractivity contribution in [1.82, 2.24) is 0 Å². The molecule has 0 saturated heterocycles. The van der Waals surface area contributed by atoms with E-state index in [2.05, 4.69) is 46.4 Å². The fourth-order valence-corrected chi connectivity index (χ4v) is 3.04. The van der Waals surface area contributed by atoms with Crippen molar-refractivity contribution >= 4 is 8.32 Å². The first-order chi connectivity index (χ1) is 8.40. The Labute approximate surface area is 120 Å². The molecule has 0 aromatic carbocycles. The van der Waals surface area contributed by atoms with E-state index < -0.39 is 19.8 Å². The molecule has 0 aliphatic heterocycles. The Bertz CT molecular complexity index is 345. The molecule has 0 heterocycles. The van der Waals surface area contributed by atoms with E-state index in [4.69, 9.17) is 10.8 Å². The standard InChI is InChI=1S/C16H30O2Si/c1-10-12-14(16(6,7)13(17)11-2)18-19(8,9)15(3,4)5/h1,11,13-14,17H,2,12H2,3-9H3. The molecule has 0 fully saturated rings. The maximum atomic E-state index is 10.1. The van der Waals surface area contributed by atoms with Crippen LogP contribution in [0.2, 0.25) is 18.1 Å². The normalized spacial score (nSPS) is 16.6. The topological polar surface area (TPSA) is 29.5 Å². The number of aliphatic hydroxyl groups is 1. The van der Waals surface area contributed by atoms with Crippen molar-refractivity contribution in [2.75, 3.05) is 0 Å². The molecule has 0 rings (SSSR count). The van der Waals surface area contributed by atoms with Crippen LogP contribution in [0.5, 0.6) is 0 Å². The second-order valence-corrected chi connectivity index (χ2v) is 12.0. The van der Waals surface area contributed by atoms with Crippen LogP contribution in [-0.2, 0) is 4.43 Å². The number of aliphatic hydroxyl groups excluding tert-OH is 1. The van der Waals surface area contributed by atoms with Crippen molar-refractivity contribution in [1.29, 1.82) is 0 Å². The Kier molecular flexibility index (Phi) is 6.07. The zero-order valence-electron chi connectivity index (χ0n) is 13.6. The first-order valence-electron chi connectivity index (χ1n) is 6.82. The summed E-state index contributed by atoms with van der Waals surface area (Å²) in [6.45, 7) is 18.6. The van der Waals surface area contributed by atoms with Crippen LogP contribution in [-0.4, -0.2) is 25.6 Å². The van der Waals surface area contributed by atoms with Crippen LogP contribution >= 0.6 is 0 Å². The lowest BCUT2D eigenvalue weighted by molar-refractivity contribution is -0.0152. The molecule has 0 spiro atoms. The van der Waals surface area contributed by atoms with Gasteiger partial charge in [-0.3, -0.25) is 0 Å². The Hall–Kier alpha value is -0.563. The summed E-state index contributed by atoms with van der Waals surface area (Å²) in [5.41, 5.74) is -0.441. The molecule has 0 amide bonds. The molecule has 3 heteroatoms. The summed E-state index contributed by atoms with van der Waals surface area (Å²) in [7, 11) is -1.91. The minimum absolute atomic E-state index is 0.120. The van der Waals surface area contributed by atoms with Crippen LogP contribution in [0.4, 0.5) is 0 Å². The fraction of sp³-hybridized carbons (Fsp3) is 0.750. The molecule has 2 atom stereocenters. The fourth-order valence-electron chi connectivity index (χ4n) is 1.59. The Morgan fingerprint density at radius 3 is 2.11 bits per heavy atom. The highest BCUT2D eigenvalue weighted by Crippen LogP contribution is 2.41. The third-order valence-corrected chi connectivity index (χ3v) is 8.85. The number of rotatable bonds is 6. The Morgan fingerprint density at radius 1 is 1.32 bits per heavy atom. The molecule has 0 radical (unpaired) electrons. The van der Waals surface area contributed by atoms with Gasteiger partial charge in [0, 0.05) is 11.8 Å². The molecule has 110 valence electrons. The SMILES string of the molecule is C#CCC(O[Si](C)(C)C(C)(C)C)C(C)(C)C(O)C=C. The second kappa shape index (κ2) is 6.26. The highest BCUT2D eigenvalue weighted by Gasteiger charge is 2.44. The minimum Gasteiger partial charge on any atom is -0.412 e. The molecule has 0 aromatic rings. The van der Waals surface area contributed by atoms with E-state index in [-0.39, 0.29) is 11.1 Å². The van der Waals surface area contributed by atoms with Gasteiger partial charge in [-0.25, -0.2) is 0 Å². The van der Waals surface area contributed by atoms with Gasteiger partial charge in [-0.1, -0.05) is 40.7 Å². The van der Waals surface area contributed by atoms with Crippen molar-refractivity contribution in [3.05, 3.63) is 12.7 Å². The highest BCUT2D eigenvalue weighted by molar-refractivity contribution is 6.74. The summed E-state index contributed by atoms with van der Waals surface area (Å²) in [6.07, 6.45) is 6.74. The van der Waals surface area contributed by atoms with Gasteiger partial charge in [0.25, 0.3) is 0 Å². The molecule has 0 aliphatic rings. The Morgan fingerprint density at radius 2 is 1.79 bits per heavy atom. The van der Waals surface area contributed by atoms with Gasteiger partial charge >= 0.3 is 0 Å². The minimum atomic E-state index is -1.91. The summed E-state index contributed by atoms with van der Waals surface area (Å²) in [5, 5.41) is 10.3. The first kappa shape index (κ1) is 18.4. The molecule has 1 N–H and O–H groups in total. The second-order valence-electron chi connectivity index (χ2n) is 7.28. The van der Waals surface area contributed by atoms with E-state index in [1.165, 1.54) is 0 Å². The molecular formula is C16H30O2Si. The molecule has 0 aromatic heterocycles. The largest absolute Gasteiger partial charge is 0.412 e. The summed E-state index contributed by atoms with van der Waals surface area (Å²) in [4.78, 5) is 0. The lowest BCUT2D eigenvalue weighted by Crippen LogP contribution is -2.50. The number of terminal acetylenes is 1. The van der Waals surface area contributed by atoms with E-state index in [9.17, 15) is 5.11 Å². The first-order valence-corrected chi connectivity index (χ1v) is 9.73. The van der Waals surface area contributed by atoms with E-state index in [0.717, 1.165) is 0 Å².